The first-order valence-electron chi connectivity index (χ1n) is 5.75. The molecule has 0 saturated heterocycles. The Morgan fingerprint density at radius 3 is 2.72 bits per heavy atom. The Kier molecular flexibility index (Phi) is 4.35. The number of pyridine rings is 1. The van der Waals surface area contributed by atoms with Crippen LogP contribution in [0.2, 0.25) is 0 Å². The van der Waals surface area contributed by atoms with E-state index >= 15 is 0 Å². The van der Waals surface area contributed by atoms with Crippen LogP contribution in [0.1, 0.15) is 18.7 Å². The first kappa shape index (κ1) is 13.5. The Morgan fingerprint density at radius 1 is 1.39 bits per heavy atom. The summed E-state index contributed by atoms with van der Waals surface area (Å²) in [6.07, 6.45) is 2.84. The van der Waals surface area contributed by atoms with Crippen LogP contribution in [0.15, 0.2) is 22.2 Å². The monoisotopic (exact) mass is 326 g/mol. The predicted octanol–water partition coefficient (Wildman–Crippen LogP) is 4.17. The molecule has 0 aliphatic rings. The third kappa shape index (κ3) is 3.09. The zero-order valence-corrected chi connectivity index (χ0v) is 13.0. The highest BCUT2D eigenvalue weighted by Gasteiger charge is 2.13. The van der Waals surface area contributed by atoms with Gasteiger partial charge >= 0.3 is 0 Å². The van der Waals surface area contributed by atoms with E-state index in [1.807, 2.05) is 18.3 Å². The number of methoxy groups -OCH3 is 1. The van der Waals surface area contributed by atoms with Crippen molar-refractivity contribution in [3.05, 3.63) is 27.1 Å². The zero-order valence-electron chi connectivity index (χ0n) is 10.6. The molecular formula is C13H15BrN2OS. The van der Waals surface area contributed by atoms with Crippen LogP contribution in [0.25, 0.3) is 11.3 Å². The molecule has 2 aromatic rings. The van der Waals surface area contributed by atoms with Crippen LogP contribution in [0.3, 0.4) is 0 Å². The summed E-state index contributed by atoms with van der Waals surface area (Å²) in [6.45, 7) is 4.42. The lowest BCUT2D eigenvalue weighted by Crippen LogP contribution is -1.94. The number of ether oxygens (including phenoxy) is 1. The van der Waals surface area contributed by atoms with E-state index in [-0.39, 0.29) is 0 Å². The molecule has 2 rings (SSSR count). The Bertz CT molecular complexity index is 522. The highest BCUT2D eigenvalue weighted by atomic mass is 79.9. The minimum absolute atomic E-state index is 0.613. The topological polar surface area (TPSA) is 35.0 Å². The molecule has 0 atom stereocenters. The molecule has 96 valence electrons. The van der Waals surface area contributed by atoms with Crippen molar-refractivity contribution in [1.82, 2.24) is 9.97 Å². The normalized spacial score (nSPS) is 10.9. The summed E-state index contributed by atoms with van der Waals surface area (Å²) >= 11 is 5.15. The quantitative estimate of drug-likeness (QED) is 0.845. The summed E-state index contributed by atoms with van der Waals surface area (Å²) in [5, 5.41) is 0. The van der Waals surface area contributed by atoms with Gasteiger partial charge in [0.1, 0.15) is 0 Å². The molecule has 0 fully saturated rings. The van der Waals surface area contributed by atoms with Crippen molar-refractivity contribution >= 4 is 27.3 Å². The fraction of sp³-hybridized carbons (Fsp3) is 0.385. The van der Waals surface area contributed by atoms with Gasteiger partial charge in [-0.05, 0) is 34.3 Å². The summed E-state index contributed by atoms with van der Waals surface area (Å²) in [5.74, 6) is 1.24. The van der Waals surface area contributed by atoms with Gasteiger partial charge in [0.05, 0.1) is 12.8 Å². The van der Waals surface area contributed by atoms with Crippen molar-refractivity contribution in [2.75, 3.05) is 7.11 Å². The average Bonchev–Trinajstić information content (AvgIpc) is 2.69. The van der Waals surface area contributed by atoms with E-state index in [0.29, 0.717) is 11.8 Å². The molecule has 0 aliphatic carbocycles. The van der Waals surface area contributed by atoms with Crippen LogP contribution in [0, 0.1) is 5.92 Å². The maximum Gasteiger partial charge on any atom is 0.212 e. The van der Waals surface area contributed by atoms with E-state index in [0.717, 1.165) is 21.6 Å². The second-order valence-electron chi connectivity index (χ2n) is 4.43. The van der Waals surface area contributed by atoms with Crippen LogP contribution >= 0.6 is 27.3 Å². The van der Waals surface area contributed by atoms with Gasteiger partial charge in [-0.15, -0.1) is 11.3 Å². The van der Waals surface area contributed by atoms with Gasteiger partial charge < -0.3 is 4.74 Å². The molecule has 0 spiro atoms. The van der Waals surface area contributed by atoms with Crippen molar-refractivity contribution in [2.24, 2.45) is 5.92 Å². The lowest BCUT2D eigenvalue weighted by molar-refractivity contribution is 0.398. The highest BCUT2D eigenvalue weighted by Crippen LogP contribution is 2.32. The SMILES string of the molecule is COc1ccc(-c2nc(Br)sc2CC(C)C)cn1. The first-order valence-corrected chi connectivity index (χ1v) is 7.36. The number of hydrogen-bond acceptors (Lipinski definition) is 4. The Labute approximate surface area is 119 Å². The fourth-order valence-corrected chi connectivity index (χ4v) is 3.48. The number of hydrogen-bond donors (Lipinski definition) is 0. The lowest BCUT2D eigenvalue weighted by Gasteiger charge is -2.05. The maximum absolute atomic E-state index is 5.07. The molecule has 0 amide bonds. The van der Waals surface area contributed by atoms with Crippen LogP contribution in [0.4, 0.5) is 0 Å². The molecule has 0 bridgehead atoms. The molecule has 0 aliphatic heterocycles. The van der Waals surface area contributed by atoms with Gasteiger partial charge in [0.25, 0.3) is 0 Å². The van der Waals surface area contributed by atoms with Crippen LogP contribution in [-0.2, 0) is 6.42 Å². The van der Waals surface area contributed by atoms with E-state index in [4.69, 9.17) is 4.74 Å². The third-order valence-corrected chi connectivity index (χ3v) is 4.01. The lowest BCUT2D eigenvalue weighted by atomic mass is 10.1. The van der Waals surface area contributed by atoms with Crippen LogP contribution < -0.4 is 4.74 Å². The molecule has 0 N–H and O–H groups in total. The Balaban J connectivity index is 2.36. The fourth-order valence-electron chi connectivity index (χ4n) is 1.70. The van der Waals surface area contributed by atoms with Crippen molar-refractivity contribution < 1.29 is 4.74 Å². The molecule has 2 heterocycles. The average molecular weight is 327 g/mol. The molecule has 0 aromatic carbocycles. The van der Waals surface area contributed by atoms with E-state index in [1.165, 1.54) is 4.88 Å². The van der Waals surface area contributed by atoms with Crippen LogP contribution in [-0.4, -0.2) is 17.1 Å². The number of aromatic nitrogens is 2. The molecule has 5 heteroatoms. The minimum Gasteiger partial charge on any atom is -0.481 e. The van der Waals surface area contributed by atoms with E-state index < -0.39 is 0 Å². The number of rotatable bonds is 4. The Morgan fingerprint density at radius 2 is 2.17 bits per heavy atom. The minimum atomic E-state index is 0.613. The molecule has 3 nitrogen and oxygen atoms in total. The summed E-state index contributed by atoms with van der Waals surface area (Å²) in [6, 6.07) is 3.86. The van der Waals surface area contributed by atoms with E-state index in [2.05, 4.69) is 39.7 Å². The van der Waals surface area contributed by atoms with Gasteiger partial charge in [0.15, 0.2) is 3.92 Å². The van der Waals surface area contributed by atoms with E-state index in [9.17, 15) is 0 Å². The Hall–Kier alpha value is -0.940. The molecule has 0 saturated carbocycles. The molecule has 0 radical (unpaired) electrons. The van der Waals surface area contributed by atoms with Gasteiger partial charge in [-0.1, -0.05) is 13.8 Å². The second kappa shape index (κ2) is 5.80. The second-order valence-corrected chi connectivity index (χ2v) is 6.79. The standard InChI is InChI=1S/C13H15BrN2OS/c1-8(2)6-10-12(16-13(14)18-10)9-4-5-11(17-3)15-7-9/h4-5,7-8H,6H2,1-3H3. The van der Waals surface area contributed by atoms with Crippen molar-refractivity contribution in [2.45, 2.75) is 20.3 Å². The van der Waals surface area contributed by atoms with Gasteiger partial charge in [0, 0.05) is 22.7 Å². The largest absolute Gasteiger partial charge is 0.481 e. The summed E-state index contributed by atoms with van der Waals surface area (Å²) in [5.41, 5.74) is 2.06. The molecule has 18 heavy (non-hydrogen) atoms. The molecule has 2 aromatic heterocycles. The highest BCUT2D eigenvalue weighted by molar-refractivity contribution is 9.11. The third-order valence-electron chi connectivity index (χ3n) is 2.48. The van der Waals surface area contributed by atoms with Crippen molar-refractivity contribution in [1.29, 1.82) is 0 Å². The molecular weight excluding hydrogens is 312 g/mol. The van der Waals surface area contributed by atoms with E-state index in [1.54, 1.807) is 18.4 Å². The smallest absolute Gasteiger partial charge is 0.212 e. The summed E-state index contributed by atoms with van der Waals surface area (Å²) in [7, 11) is 1.62. The maximum atomic E-state index is 5.07. The number of halogens is 1. The summed E-state index contributed by atoms with van der Waals surface area (Å²) < 4.78 is 5.99. The molecule has 0 unspecified atom stereocenters. The number of nitrogens with zero attached hydrogens (tertiary/aromatic N) is 2. The van der Waals surface area contributed by atoms with Gasteiger partial charge in [-0.25, -0.2) is 9.97 Å². The zero-order chi connectivity index (χ0) is 13.1. The van der Waals surface area contributed by atoms with Gasteiger partial charge in [-0.3, -0.25) is 0 Å². The van der Waals surface area contributed by atoms with Crippen molar-refractivity contribution in [3.8, 4) is 17.1 Å². The number of thiazole rings is 1. The summed E-state index contributed by atoms with van der Waals surface area (Å²) in [4.78, 5) is 10.1. The van der Waals surface area contributed by atoms with Gasteiger partial charge in [-0.2, -0.15) is 0 Å². The first-order chi connectivity index (χ1) is 8.60. The van der Waals surface area contributed by atoms with Gasteiger partial charge in [0.2, 0.25) is 5.88 Å². The van der Waals surface area contributed by atoms with Crippen LogP contribution in [0.5, 0.6) is 5.88 Å². The van der Waals surface area contributed by atoms with Crippen molar-refractivity contribution in [3.63, 3.8) is 0 Å². The predicted molar refractivity (Wildman–Crippen MR) is 78.1 cm³/mol.